The van der Waals surface area contributed by atoms with Crippen LogP contribution in [-0.2, 0) is 12.4 Å². The maximum Gasteiger partial charge on any atom is 0.416 e. The van der Waals surface area contributed by atoms with E-state index in [0.29, 0.717) is 37.0 Å². The number of likely N-dealkylation sites (tertiary alicyclic amines) is 1. The zero-order valence-electron chi connectivity index (χ0n) is 20.3. The van der Waals surface area contributed by atoms with Gasteiger partial charge in [0.25, 0.3) is 5.91 Å². The molecule has 37 heavy (non-hydrogen) atoms. The summed E-state index contributed by atoms with van der Waals surface area (Å²) in [7, 11) is 0. The van der Waals surface area contributed by atoms with Crippen LogP contribution in [0.2, 0.25) is 0 Å². The van der Waals surface area contributed by atoms with Crippen molar-refractivity contribution >= 4 is 17.4 Å². The first-order chi connectivity index (χ1) is 17.5. The number of alkyl halides is 6. The lowest BCUT2D eigenvalue weighted by atomic mass is 9.93. The highest BCUT2D eigenvalue weighted by Gasteiger charge is 2.37. The molecule has 2 saturated heterocycles. The molecular weight excluding hydrogens is 498 g/mol. The third-order valence-electron chi connectivity index (χ3n) is 7.10. The van der Waals surface area contributed by atoms with Crippen molar-refractivity contribution in [3.05, 3.63) is 53.2 Å². The highest BCUT2D eigenvalue weighted by Crippen LogP contribution is 2.37. The van der Waals surface area contributed by atoms with Crippen molar-refractivity contribution in [3.63, 3.8) is 0 Å². The fourth-order valence-corrected chi connectivity index (χ4v) is 5.01. The molecule has 5 nitrogen and oxygen atoms in total. The summed E-state index contributed by atoms with van der Waals surface area (Å²) in [5.74, 6) is -0.0403. The predicted molar refractivity (Wildman–Crippen MR) is 128 cm³/mol. The number of benzene rings is 1. The predicted octanol–water partition coefficient (Wildman–Crippen LogP) is 6.46. The second kappa shape index (κ2) is 11.3. The van der Waals surface area contributed by atoms with Crippen LogP contribution in [0, 0.1) is 5.92 Å². The molecule has 4 rings (SSSR count). The Hall–Kier alpha value is -2.82. The second-order valence-corrected chi connectivity index (χ2v) is 9.74. The molecule has 0 saturated carbocycles. The standard InChI is InChI=1S/C26H30F6N4O/c27-25(28,29)20-15-19(16-21(17-20)26(30,31)32)24(37)34-22-5-4-9-33-23(22)36-13-7-18(8-14-36)6-12-35-10-2-1-3-11-35/h4-5,9,15-18H,1-3,6-8,10-14H2,(H,34,37). The topological polar surface area (TPSA) is 48.5 Å². The van der Waals surface area contributed by atoms with Gasteiger partial charge in [0, 0.05) is 24.8 Å². The van der Waals surface area contributed by atoms with E-state index >= 15 is 0 Å². The lowest BCUT2D eigenvalue weighted by molar-refractivity contribution is -0.143. The summed E-state index contributed by atoms with van der Waals surface area (Å²) < 4.78 is 79.2. The summed E-state index contributed by atoms with van der Waals surface area (Å²) in [6.07, 6.45) is -1.70. The molecule has 2 aliphatic heterocycles. The number of pyridine rings is 1. The molecule has 1 N–H and O–H groups in total. The van der Waals surface area contributed by atoms with Gasteiger partial charge in [-0.3, -0.25) is 4.79 Å². The molecule has 0 bridgehead atoms. The first kappa shape index (κ1) is 27.2. The number of nitrogens with zero attached hydrogens (tertiary/aromatic N) is 3. The summed E-state index contributed by atoms with van der Waals surface area (Å²) in [6, 6.07) is 3.95. The molecule has 202 valence electrons. The molecular formula is C26H30F6N4O. The average Bonchev–Trinajstić information content (AvgIpc) is 2.87. The minimum atomic E-state index is -5.03. The van der Waals surface area contributed by atoms with Crippen LogP contribution >= 0.6 is 0 Å². The van der Waals surface area contributed by atoms with Crippen molar-refractivity contribution < 1.29 is 31.1 Å². The third-order valence-corrected chi connectivity index (χ3v) is 7.10. The number of hydrogen-bond donors (Lipinski definition) is 1. The smallest absolute Gasteiger partial charge is 0.355 e. The van der Waals surface area contributed by atoms with Gasteiger partial charge in [0.1, 0.15) is 0 Å². The summed E-state index contributed by atoms with van der Waals surface area (Å²) in [5, 5.41) is 2.48. The van der Waals surface area contributed by atoms with Crippen LogP contribution in [0.4, 0.5) is 37.8 Å². The van der Waals surface area contributed by atoms with Gasteiger partial charge in [0.2, 0.25) is 0 Å². The SMILES string of the molecule is O=C(Nc1cccnc1N1CCC(CCN2CCCCC2)CC1)c1cc(C(F)(F)F)cc(C(F)(F)F)c1. The average molecular weight is 529 g/mol. The minimum absolute atomic E-state index is 0.00170. The lowest BCUT2D eigenvalue weighted by Gasteiger charge is -2.35. The highest BCUT2D eigenvalue weighted by molar-refractivity contribution is 6.06. The van der Waals surface area contributed by atoms with E-state index in [-0.39, 0.29) is 11.8 Å². The normalized spacial score (nSPS) is 18.2. The zero-order chi connectivity index (χ0) is 26.6. The van der Waals surface area contributed by atoms with Crippen molar-refractivity contribution in [3.8, 4) is 0 Å². The Labute approximate surface area is 211 Å². The number of carbonyl (C=O) groups is 1. The van der Waals surface area contributed by atoms with Crippen molar-refractivity contribution in [2.45, 2.75) is 50.9 Å². The summed E-state index contributed by atoms with van der Waals surface area (Å²) in [4.78, 5) is 21.7. The molecule has 0 spiro atoms. The van der Waals surface area contributed by atoms with Crippen LogP contribution in [0.25, 0.3) is 0 Å². The van der Waals surface area contributed by atoms with Gasteiger partial charge in [-0.05, 0) is 88.0 Å². The van der Waals surface area contributed by atoms with E-state index in [1.54, 1.807) is 18.3 Å². The van der Waals surface area contributed by atoms with Gasteiger partial charge in [0.05, 0.1) is 16.8 Å². The Morgan fingerprint density at radius 1 is 0.919 bits per heavy atom. The molecule has 0 aliphatic carbocycles. The Balaban J connectivity index is 1.43. The van der Waals surface area contributed by atoms with Gasteiger partial charge >= 0.3 is 12.4 Å². The zero-order valence-corrected chi connectivity index (χ0v) is 20.3. The summed E-state index contributed by atoms with van der Waals surface area (Å²) in [6.45, 7) is 4.81. The molecule has 1 aromatic carbocycles. The summed E-state index contributed by atoms with van der Waals surface area (Å²) in [5.41, 5.74) is -3.56. The molecule has 2 fully saturated rings. The maximum absolute atomic E-state index is 13.2. The fraction of sp³-hybridized carbons (Fsp3) is 0.538. The number of piperidine rings is 2. The molecule has 1 amide bonds. The van der Waals surface area contributed by atoms with Gasteiger partial charge in [0.15, 0.2) is 5.82 Å². The van der Waals surface area contributed by atoms with Gasteiger partial charge < -0.3 is 15.1 Å². The lowest BCUT2D eigenvalue weighted by Crippen LogP contribution is -2.37. The van der Waals surface area contributed by atoms with Crippen molar-refractivity contribution in [1.82, 2.24) is 9.88 Å². The van der Waals surface area contributed by atoms with Gasteiger partial charge in [-0.2, -0.15) is 26.3 Å². The molecule has 2 aromatic rings. The Morgan fingerprint density at radius 3 is 2.14 bits per heavy atom. The monoisotopic (exact) mass is 528 g/mol. The van der Waals surface area contributed by atoms with Crippen LogP contribution in [0.3, 0.4) is 0 Å². The highest BCUT2D eigenvalue weighted by atomic mass is 19.4. The van der Waals surface area contributed by atoms with Gasteiger partial charge in [-0.15, -0.1) is 0 Å². The number of amides is 1. The van der Waals surface area contributed by atoms with Crippen molar-refractivity contribution in [1.29, 1.82) is 0 Å². The Morgan fingerprint density at radius 2 is 1.54 bits per heavy atom. The van der Waals surface area contributed by atoms with Gasteiger partial charge in [-0.25, -0.2) is 4.98 Å². The van der Waals surface area contributed by atoms with Gasteiger partial charge in [-0.1, -0.05) is 6.42 Å². The van der Waals surface area contributed by atoms with E-state index in [4.69, 9.17) is 0 Å². The van der Waals surface area contributed by atoms with Crippen molar-refractivity contribution in [2.24, 2.45) is 5.92 Å². The first-order valence-corrected chi connectivity index (χ1v) is 12.5. The van der Waals surface area contributed by atoms with Crippen LogP contribution < -0.4 is 10.2 Å². The first-order valence-electron chi connectivity index (χ1n) is 12.5. The number of nitrogens with one attached hydrogen (secondary N) is 1. The second-order valence-electron chi connectivity index (χ2n) is 9.74. The van der Waals surface area contributed by atoms with E-state index in [0.717, 1.165) is 38.9 Å². The Kier molecular flexibility index (Phi) is 8.30. The van der Waals surface area contributed by atoms with E-state index < -0.39 is 35.0 Å². The fourth-order valence-electron chi connectivity index (χ4n) is 5.01. The number of halogens is 6. The largest absolute Gasteiger partial charge is 0.416 e. The molecule has 1 aromatic heterocycles. The van der Waals surface area contributed by atoms with Crippen LogP contribution in [0.5, 0.6) is 0 Å². The van der Waals surface area contributed by atoms with E-state index in [2.05, 4.69) is 15.2 Å². The quantitative estimate of drug-likeness (QED) is 0.437. The molecule has 0 radical (unpaired) electrons. The molecule has 0 unspecified atom stereocenters. The number of anilines is 2. The number of aromatic nitrogens is 1. The van der Waals surface area contributed by atoms with E-state index in [9.17, 15) is 31.1 Å². The van der Waals surface area contributed by atoms with Crippen LogP contribution in [0.15, 0.2) is 36.5 Å². The van der Waals surface area contributed by atoms with Crippen LogP contribution in [-0.4, -0.2) is 48.5 Å². The van der Waals surface area contributed by atoms with E-state index in [1.165, 1.54) is 19.3 Å². The summed E-state index contributed by atoms with van der Waals surface area (Å²) >= 11 is 0. The van der Waals surface area contributed by atoms with Crippen LogP contribution in [0.1, 0.15) is 60.0 Å². The Bertz CT molecular complexity index is 1040. The minimum Gasteiger partial charge on any atom is -0.355 e. The van der Waals surface area contributed by atoms with E-state index in [1.807, 2.05) is 4.90 Å². The molecule has 2 aliphatic rings. The number of hydrogen-bond acceptors (Lipinski definition) is 4. The molecule has 0 atom stereocenters. The molecule has 11 heteroatoms. The number of carbonyl (C=O) groups excluding carboxylic acids is 1. The molecule has 3 heterocycles. The maximum atomic E-state index is 13.2. The van der Waals surface area contributed by atoms with Crippen molar-refractivity contribution in [2.75, 3.05) is 42.9 Å². The number of rotatable bonds is 6. The third kappa shape index (κ3) is 7.15.